The molecule has 0 bridgehead atoms. The van der Waals surface area contributed by atoms with Crippen LogP contribution in [0.4, 0.5) is 8.78 Å². The standard InChI is InChI=1S/C20H22F2N2O2/c21-17-5-3-16(19(22)12-17)4-6-20(25)24(14-18-2-1-11-26-18)13-15-7-9-23-10-8-15/h3,5,7-10,12,18H,1-2,4,6,11,13-14H2/t18-/m1/s1. The molecular formula is C20H22F2N2O2. The van der Waals surface area contributed by atoms with Crippen LogP contribution < -0.4 is 0 Å². The van der Waals surface area contributed by atoms with E-state index in [1.165, 1.54) is 12.1 Å². The number of amides is 1. The second-order valence-electron chi connectivity index (χ2n) is 6.50. The first-order valence-corrected chi connectivity index (χ1v) is 8.84. The Morgan fingerprint density at radius 1 is 1.23 bits per heavy atom. The molecule has 1 fully saturated rings. The summed E-state index contributed by atoms with van der Waals surface area (Å²) in [5, 5.41) is 0. The van der Waals surface area contributed by atoms with E-state index in [2.05, 4.69) is 4.98 Å². The van der Waals surface area contributed by atoms with Crippen LogP contribution in [0.1, 0.15) is 30.4 Å². The molecule has 4 nitrogen and oxygen atoms in total. The van der Waals surface area contributed by atoms with Gasteiger partial charge in [-0.15, -0.1) is 0 Å². The molecule has 1 atom stereocenters. The van der Waals surface area contributed by atoms with Gasteiger partial charge in [-0.25, -0.2) is 8.78 Å². The van der Waals surface area contributed by atoms with Gasteiger partial charge in [-0.05, 0) is 48.6 Å². The number of carbonyl (C=O) groups is 1. The zero-order chi connectivity index (χ0) is 18.4. The lowest BCUT2D eigenvalue weighted by Gasteiger charge is -2.26. The average Bonchev–Trinajstić information content (AvgIpc) is 3.14. The highest BCUT2D eigenvalue weighted by Crippen LogP contribution is 2.17. The Balaban J connectivity index is 1.64. The van der Waals surface area contributed by atoms with E-state index in [4.69, 9.17) is 4.74 Å². The lowest BCUT2D eigenvalue weighted by atomic mass is 10.1. The topological polar surface area (TPSA) is 42.4 Å². The van der Waals surface area contributed by atoms with Gasteiger partial charge in [0.05, 0.1) is 6.10 Å². The van der Waals surface area contributed by atoms with Crippen molar-refractivity contribution in [3.05, 3.63) is 65.5 Å². The minimum Gasteiger partial charge on any atom is -0.376 e. The quantitative estimate of drug-likeness (QED) is 0.759. The summed E-state index contributed by atoms with van der Waals surface area (Å²) in [5.74, 6) is -1.30. The molecule has 0 saturated carbocycles. The molecular weight excluding hydrogens is 338 g/mol. The van der Waals surface area contributed by atoms with Crippen molar-refractivity contribution in [3.8, 4) is 0 Å². The van der Waals surface area contributed by atoms with Crippen molar-refractivity contribution >= 4 is 5.91 Å². The summed E-state index contributed by atoms with van der Waals surface area (Å²) in [6.07, 6.45) is 5.78. The van der Waals surface area contributed by atoms with Crippen molar-refractivity contribution in [2.45, 2.75) is 38.3 Å². The van der Waals surface area contributed by atoms with E-state index in [1.807, 2.05) is 12.1 Å². The van der Waals surface area contributed by atoms with Gasteiger partial charge in [0.1, 0.15) is 11.6 Å². The van der Waals surface area contributed by atoms with Crippen LogP contribution in [0.3, 0.4) is 0 Å². The molecule has 2 aromatic rings. The van der Waals surface area contributed by atoms with E-state index in [-0.39, 0.29) is 24.9 Å². The van der Waals surface area contributed by atoms with E-state index in [0.717, 1.165) is 31.1 Å². The Morgan fingerprint density at radius 2 is 2.04 bits per heavy atom. The van der Waals surface area contributed by atoms with Crippen LogP contribution in [0, 0.1) is 11.6 Å². The fraction of sp³-hybridized carbons (Fsp3) is 0.400. The fourth-order valence-electron chi connectivity index (χ4n) is 3.12. The summed E-state index contributed by atoms with van der Waals surface area (Å²) in [7, 11) is 0. The van der Waals surface area contributed by atoms with E-state index in [1.54, 1.807) is 17.3 Å². The Morgan fingerprint density at radius 3 is 2.73 bits per heavy atom. The van der Waals surface area contributed by atoms with Crippen LogP contribution in [-0.2, 0) is 22.5 Å². The van der Waals surface area contributed by atoms with Crippen molar-refractivity contribution in [2.24, 2.45) is 0 Å². The lowest BCUT2D eigenvalue weighted by Crippen LogP contribution is -2.37. The molecule has 3 rings (SSSR count). The molecule has 1 aliphatic heterocycles. The van der Waals surface area contributed by atoms with Crippen LogP contribution >= 0.6 is 0 Å². The second-order valence-corrected chi connectivity index (χ2v) is 6.50. The van der Waals surface area contributed by atoms with Gasteiger partial charge >= 0.3 is 0 Å². The minimum absolute atomic E-state index is 0.0448. The molecule has 0 radical (unpaired) electrons. The number of rotatable bonds is 7. The third-order valence-corrected chi connectivity index (χ3v) is 4.55. The summed E-state index contributed by atoms with van der Waals surface area (Å²) in [4.78, 5) is 18.5. The molecule has 0 N–H and O–H groups in total. The molecule has 26 heavy (non-hydrogen) atoms. The zero-order valence-electron chi connectivity index (χ0n) is 14.5. The monoisotopic (exact) mass is 360 g/mol. The second kappa shape index (κ2) is 8.85. The molecule has 1 amide bonds. The summed E-state index contributed by atoms with van der Waals surface area (Å²) < 4.78 is 32.5. The summed E-state index contributed by atoms with van der Waals surface area (Å²) in [6, 6.07) is 7.20. The molecule has 0 spiro atoms. The largest absolute Gasteiger partial charge is 0.376 e. The molecule has 6 heteroatoms. The van der Waals surface area contributed by atoms with E-state index in [0.29, 0.717) is 18.7 Å². The molecule has 1 saturated heterocycles. The Bertz CT molecular complexity index is 734. The molecule has 0 aliphatic carbocycles. The number of pyridine rings is 1. The first kappa shape index (κ1) is 18.5. The van der Waals surface area contributed by atoms with Crippen molar-refractivity contribution in [2.75, 3.05) is 13.2 Å². The fourth-order valence-corrected chi connectivity index (χ4v) is 3.12. The lowest BCUT2D eigenvalue weighted by molar-refractivity contribution is -0.133. The predicted octanol–water partition coefficient (Wildman–Crippen LogP) is 3.50. The van der Waals surface area contributed by atoms with Crippen molar-refractivity contribution < 1.29 is 18.3 Å². The Labute approximate surface area is 151 Å². The number of carbonyl (C=O) groups excluding carboxylic acids is 1. The van der Waals surface area contributed by atoms with E-state index < -0.39 is 11.6 Å². The predicted molar refractivity (Wildman–Crippen MR) is 93.3 cm³/mol. The first-order chi connectivity index (χ1) is 12.6. The number of nitrogens with zero attached hydrogens (tertiary/aromatic N) is 2. The van der Waals surface area contributed by atoms with Gasteiger partial charge in [0.2, 0.25) is 5.91 Å². The van der Waals surface area contributed by atoms with Gasteiger partial charge in [-0.2, -0.15) is 0 Å². The maximum absolute atomic E-state index is 13.8. The zero-order valence-corrected chi connectivity index (χ0v) is 14.5. The number of benzene rings is 1. The number of aromatic nitrogens is 1. The van der Waals surface area contributed by atoms with Gasteiger partial charge in [-0.3, -0.25) is 9.78 Å². The van der Waals surface area contributed by atoms with Crippen LogP contribution in [-0.4, -0.2) is 35.0 Å². The van der Waals surface area contributed by atoms with E-state index in [9.17, 15) is 13.6 Å². The smallest absolute Gasteiger partial charge is 0.223 e. The number of ether oxygens (including phenoxy) is 1. The third-order valence-electron chi connectivity index (χ3n) is 4.55. The van der Waals surface area contributed by atoms with Gasteiger partial charge in [-0.1, -0.05) is 6.07 Å². The van der Waals surface area contributed by atoms with Crippen LogP contribution in [0.25, 0.3) is 0 Å². The minimum atomic E-state index is -0.615. The van der Waals surface area contributed by atoms with Gasteiger partial charge in [0.25, 0.3) is 0 Å². The van der Waals surface area contributed by atoms with Crippen molar-refractivity contribution in [3.63, 3.8) is 0 Å². The molecule has 1 aromatic carbocycles. The highest BCUT2D eigenvalue weighted by molar-refractivity contribution is 5.76. The average molecular weight is 360 g/mol. The normalized spacial score (nSPS) is 16.6. The van der Waals surface area contributed by atoms with Crippen molar-refractivity contribution in [1.29, 1.82) is 0 Å². The highest BCUT2D eigenvalue weighted by Gasteiger charge is 2.23. The molecule has 0 unspecified atom stereocenters. The van der Waals surface area contributed by atoms with Crippen LogP contribution in [0.5, 0.6) is 0 Å². The summed E-state index contributed by atoms with van der Waals surface area (Å²) in [6.45, 7) is 1.71. The first-order valence-electron chi connectivity index (χ1n) is 8.84. The maximum Gasteiger partial charge on any atom is 0.223 e. The number of halogens is 2. The van der Waals surface area contributed by atoms with Crippen LogP contribution in [0.2, 0.25) is 0 Å². The van der Waals surface area contributed by atoms with Gasteiger partial charge < -0.3 is 9.64 Å². The number of hydrogen-bond acceptors (Lipinski definition) is 3. The molecule has 1 aromatic heterocycles. The van der Waals surface area contributed by atoms with E-state index >= 15 is 0 Å². The SMILES string of the molecule is O=C(CCc1ccc(F)cc1F)N(Cc1ccncc1)C[C@H]1CCCO1. The number of aryl methyl sites for hydroxylation is 1. The maximum atomic E-state index is 13.8. The summed E-state index contributed by atoms with van der Waals surface area (Å²) in [5.41, 5.74) is 1.33. The van der Waals surface area contributed by atoms with Crippen molar-refractivity contribution in [1.82, 2.24) is 9.88 Å². The van der Waals surface area contributed by atoms with Gasteiger partial charge in [0.15, 0.2) is 0 Å². The third kappa shape index (κ3) is 5.08. The Kier molecular flexibility index (Phi) is 6.28. The summed E-state index contributed by atoms with van der Waals surface area (Å²) >= 11 is 0. The molecule has 1 aliphatic rings. The number of hydrogen-bond donors (Lipinski definition) is 0. The van der Waals surface area contributed by atoms with Crippen LogP contribution in [0.15, 0.2) is 42.7 Å². The highest BCUT2D eigenvalue weighted by atomic mass is 19.1. The molecule has 2 heterocycles. The Hall–Kier alpha value is -2.34. The molecule has 138 valence electrons. The van der Waals surface area contributed by atoms with Gasteiger partial charge in [0, 0.05) is 44.6 Å².